The number of halogens is 1. The highest BCUT2D eigenvalue weighted by Gasteiger charge is 2.19. The van der Waals surface area contributed by atoms with Crippen molar-refractivity contribution in [3.05, 3.63) is 53.2 Å². The highest BCUT2D eigenvalue weighted by molar-refractivity contribution is 5.91. The standard InChI is InChI=1S/C20H26FN3O3/c1-14(15-4-6-18(26-3)17(21)12-15)22-20(25)19-7-5-16(27-19)13-24-10-8-23(2)9-11-24/h4-7,12,14H,8-11,13H2,1-3H3,(H,22,25)/t14-/m1/s1. The molecule has 1 aliphatic heterocycles. The first-order valence-corrected chi connectivity index (χ1v) is 9.10. The predicted molar refractivity (Wildman–Crippen MR) is 100 cm³/mol. The van der Waals surface area contributed by atoms with Crippen LogP contribution in [-0.2, 0) is 6.54 Å². The zero-order chi connectivity index (χ0) is 19.4. The van der Waals surface area contributed by atoms with Gasteiger partial charge in [-0.1, -0.05) is 6.07 Å². The van der Waals surface area contributed by atoms with Crippen LogP contribution in [0.25, 0.3) is 0 Å². The number of likely N-dealkylation sites (N-methyl/N-ethyl adjacent to an activating group) is 1. The average molecular weight is 375 g/mol. The third-order valence-corrected chi connectivity index (χ3v) is 4.88. The lowest BCUT2D eigenvalue weighted by Gasteiger charge is -2.31. The molecule has 2 heterocycles. The monoisotopic (exact) mass is 375 g/mol. The Kier molecular flexibility index (Phi) is 6.13. The molecule has 27 heavy (non-hydrogen) atoms. The largest absolute Gasteiger partial charge is 0.494 e. The first kappa shape index (κ1) is 19.4. The van der Waals surface area contributed by atoms with Crippen molar-refractivity contribution < 1.29 is 18.3 Å². The molecule has 0 aliphatic carbocycles. The summed E-state index contributed by atoms with van der Waals surface area (Å²) < 4.78 is 24.5. The minimum atomic E-state index is -0.455. The summed E-state index contributed by atoms with van der Waals surface area (Å²) in [6, 6.07) is 7.81. The lowest BCUT2D eigenvalue weighted by molar-refractivity contribution is 0.0905. The van der Waals surface area contributed by atoms with Gasteiger partial charge in [-0.15, -0.1) is 0 Å². The number of carbonyl (C=O) groups is 1. The predicted octanol–water partition coefficient (Wildman–Crippen LogP) is 2.67. The van der Waals surface area contributed by atoms with Crippen molar-refractivity contribution in [3.63, 3.8) is 0 Å². The van der Waals surface area contributed by atoms with Gasteiger partial charge in [0.1, 0.15) is 5.76 Å². The molecule has 1 atom stereocenters. The molecule has 146 valence electrons. The number of carbonyl (C=O) groups excluding carboxylic acids is 1. The smallest absolute Gasteiger partial charge is 0.287 e. The summed E-state index contributed by atoms with van der Waals surface area (Å²) in [6.07, 6.45) is 0. The van der Waals surface area contributed by atoms with E-state index >= 15 is 0 Å². The molecule has 0 bridgehead atoms. The van der Waals surface area contributed by atoms with Crippen LogP contribution in [-0.4, -0.2) is 56.0 Å². The fourth-order valence-corrected chi connectivity index (χ4v) is 3.11. The highest BCUT2D eigenvalue weighted by atomic mass is 19.1. The first-order valence-electron chi connectivity index (χ1n) is 9.10. The topological polar surface area (TPSA) is 58.0 Å². The number of amides is 1. The Bertz CT molecular complexity index is 785. The van der Waals surface area contributed by atoms with E-state index in [9.17, 15) is 9.18 Å². The van der Waals surface area contributed by atoms with Crippen molar-refractivity contribution in [2.75, 3.05) is 40.3 Å². The molecule has 0 radical (unpaired) electrons. The molecule has 1 aliphatic rings. The number of hydrogen-bond donors (Lipinski definition) is 1. The maximum absolute atomic E-state index is 13.9. The molecule has 1 N–H and O–H groups in total. The van der Waals surface area contributed by atoms with Gasteiger partial charge < -0.3 is 19.4 Å². The summed E-state index contributed by atoms with van der Waals surface area (Å²) in [4.78, 5) is 17.0. The molecule has 1 saturated heterocycles. The molecule has 2 aromatic rings. The van der Waals surface area contributed by atoms with Crippen molar-refractivity contribution >= 4 is 5.91 Å². The second kappa shape index (κ2) is 8.54. The van der Waals surface area contributed by atoms with Crippen LogP contribution in [0.5, 0.6) is 5.75 Å². The second-order valence-electron chi connectivity index (χ2n) is 6.93. The lowest BCUT2D eigenvalue weighted by Crippen LogP contribution is -2.43. The third kappa shape index (κ3) is 4.87. The van der Waals surface area contributed by atoms with E-state index in [-0.39, 0.29) is 23.5 Å². The first-order chi connectivity index (χ1) is 13.0. The molecule has 6 nitrogen and oxygen atoms in total. The molecule has 1 aromatic carbocycles. The van der Waals surface area contributed by atoms with Crippen LogP contribution < -0.4 is 10.1 Å². The summed E-state index contributed by atoms with van der Waals surface area (Å²) in [5.74, 6) is 0.441. The maximum atomic E-state index is 13.9. The van der Waals surface area contributed by atoms with Crippen LogP contribution in [0.3, 0.4) is 0 Å². The number of hydrogen-bond acceptors (Lipinski definition) is 5. The molecule has 1 aromatic heterocycles. The molecular formula is C20H26FN3O3. The van der Waals surface area contributed by atoms with Gasteiger partial charge in [-0.25, -0.2) is 4.39 Å². The number of piperazine rings is 1. The average Bonchev–Trinajstić information content (AvgIpc) is 3.12. The van der Waals surface area contributed by atoms with Gasteiger partial charge in [0.15, 0.2) is 17.3 Å². The van der Waals surface area contributed by atoms with E-state index in [0.29, 0.717) is 12.1 Å². The fourth-order valence-electron chi connectivity index (χ4n) is 3.11. The number of ether oxygens (including phenoxy) is 1. The molecule has 0 saturated carbocycles. The number of methoxy groups -OCH3 is 1. The number of benzene rings is 1. The fraction of sp³-hybridized carbons (Fsp3) is 0.450. The Morgan fingerprint density at radius 2 is 2.00 bits per heavy atom. The number of furan rings is 1. The SMILES string of the molecule is COc1ccc([C@@H](C)NC(=O)c2ccc(CN3CCN(C)CC3)o2)cc1F. The Hall–Kier alpha value is -2.38. The van der Waals surface area contributed by atoms with E-state index in [1.54, 1.807) is 25.1 Å². The summed E-state index contributed by atoms with van der Waals surface area (Å²) in [5.41, 5.74) is 0.658. The number of nitrogens with zero attached hydrogens (tertiary/aromatic N) is 2. The van der Waals surface area contributed by atoms with Crippen molar-refractivity contribution in [2.45, 2.75) is 19.5 Å². The summed E-state index contributed by atoms with van der Waals surface area (Å²) >= 11 is 0. The van der Waals surface area contributed by atoms with Gasteiger partial charge in [0.2, 0.25) is 0 Å². The number of rotatable bonds is 6. The van der Waals surface area contributed by atoms with E-state index in [1.165, 1.54) is 13.2 Å². The van der Waals surface area contributed by atoms with Gasteiger partial charge in [0.05, 0.1) is 19.7 Å². The summed E-state index contributed by atoms with van der Waals surface area (Å²) in [5, 5.41) is 2.84. The molecule has 0 spiro atoms. The van der Waals surface area contributed by atoms with Gasteiger partial charge in [-0.3, -0.25) is 9.69 Å². The molecule has 1 amide bonds. The van der Waals surface area contributed by atoms with Crippen LogP contribution in [0.4, 0.5) is 4.39 Å². The van der Waals surface area contributed by atoms with Gasteiger partial charge in [0, 0.05) is 26.2 Å². The van der Waals surface area contributed by atoms with Crippen LogP contribution in [0, 0.1) is 5.82 Å². The lowest BCUT2D eigenvalue weighted by atomic mass is 10.1. The zero-order valence-electron chi connectivity index (χ0n) is 16.0. The van der Waals surface area contributed by atoms with Gasteiger partial charge in [0.25, 0.3) is 5.91 Å². The molecule has 3 rings (SSSR count). The van der Waals surface area contributed by atoms with Crippen molar-refractivity contribution in [1.82, 2.24) is 15.1 Å². The number of nitrogens with one attached hydrogen (secondary N) is 1. The maximum Gasteiger partial charge on any atom is 0.287 e. The van der Waals surface area contributed by atoms with E-state index in [1.807, 2.05) is 6.07 Å². The summed E-state index contributed by atoms with van der Waals surface area (Å²) in [6.45, 7) is 6.53. The van der Waals surface area contributed by atoms with E-state index in [4.69, 9.17) is 9.15 Å². The van der Waals surface area contributed by atoms with Crippen LogP contribution in [0.2, 0.25) is 0 Å². The van der Waals surface area contributed by atoms with E-state index < -0.39 is 5.82 Å². The minimum absolute atomic E-state index is 0.178. The summed E-state index contributed by atoms with van der Waals surface area (Å²) in [7, 11) is 3.53. The van der Waals surface area contributed by atoms with Crippen molar-refractivity contribution in [2.24, 2.45) is 0 Å². The Labute approximate surface area is 158 Å². The third-order valence-electron chi connectivity index (χ3n) is 4.88. The molecular weight excluding hydrogens is 349 g/mol. The van der Waals surface area contributed by atoms with Crippen LogP contribution in [0.15, 0.2) is 34.7 Å². The molecule has 1 fully saturated rings. The Morgan fingerprint density at radius 3 is 2.67 bits per heavy atom. The van der Waals surface area contributed by atoms with Gasteiger partial charge in [-0.2, -0.15) is 0 Å². The zero-order valence-corrected chi connectivity index (χ0v) is 16.0. The van der Waals surface area contributed by atoms with Crippen LogP contribution in [0.1, 0.15) is 34.8 Å². The molecule has 0 unspecified atom stereocenters. The highest BCUT2D eigenvalue weighted by Crippen LogP contribution is 2.22. The Balaban J connectivity index is 1.58. The van der Waals surface area contributed by atoms with Crippen molar-refractivity contribution in [3.8, 4) is 5.75 Å². The van der Waals surface area contributed by atoms with Crippen LogP contribution >= 0.6 is 0 Å². The molecule has 7 heteroatoms. The minimum Gasteiger partial charge on any atom is -0.494 e. The quantitative estimate of drug-likeness (QED) is 0.841. The normalized spacial score (nSPS) is 16.9. The van der Waals surface area contributed by atoms with E-state index in [0.717, 1.165) is 31.9 Å². The van der Waals surface area contributed by atoms with Gasteiger partial charge >= 0.3 is 0 Å². The van der Waals surface area contributed by atoms with E-state index in [2.05, 4.69) is 22.2 Å². The van der Waals surface area contributed by atoms with Crippen molar-refractivity contribution in [1.29, 1.82) is 0 Å². The van der Waals surface area contributed by atoms with Gasteiger partial charge in [-0.05, 0) is 43.8 Å². The Morgan fingerprint density at radius 1 is 1.26 bits per heavy atom. The second-order valence-corrected chi connectivity index (χ2v) is 6.93.